The molecule has 8 heteroatoms. The molecular weight excluding hydrogens is 444 g/mol. The molecule has 0 aromatic heterocycles. The molecule has 2 aliphatic heterocycles. The van der Waals surface area contributed by atoms with Gasteiger partial charge in [-0.1, -0.05) is 104 Å². The summed E-state index contributed by atoms with van der Waals surface area (Å²) in [5, 5.41) is 4.72. The summed E-state index contributed by atoms with van der Waals surface area (Å²) >= 11 is 0. The smallest absolute Gasteiger partial charge is 0.302 e. The van der Waals surface area contributed by atoms with Gasteiger partial charge in [0.05, 0.1) is 0 Å². The van der Waals surface area contributed by atoms with Gasteiger partial charge in [-0.2, -0.15) is 0 Å². The SMILES string of the molecule is C.C1CN1N1CC1.CC.CC.CC.CC.CC.CC.CC.CC(=O)OCCNNCCOC(C)=O. The molecule has 2 N–H and O–H groups in total. The first-order chi connectivity index (χ1) is 16.6. The predicted octanol–water partition coefficient (Wildman–Crippen LogP) is 6.56. The van der Waals surface area contributed by atoms with Crippen LogP contribution in [0, 0.1) is 0 Å². The zero-order valence-corrected chi connectivity index (χ0v) is 26.2. The van der Waals surface area contributed by atoms with Gasteiger partial charge in [0.2, 0.25) is 0 Å². The zero-order valence-electron chi connectivity index (χ0n) is 26.2. The summed E-state index contributed by atoms with van der Waals surface area (Å²) in [4.78, 5) is 20.7. The lowest BCUT2D eigenvalue weighted by molar-refractivity contribution is -0.142. The van der Waals surface area contributed by atoms with Gasteiger partial charge in [0, 0.05) is 53.1 Å². The molecule has 2 rings (SSSR count). The number of esters is 2. The first-order valence-electron chi connectivity index (χ1n) is 13.8. The molecule has 35 heavy (non-hydrogen) atoms. The molecule has 0 aromatic carbocycles. The summed E-state index contributed by atoms with van der Waals surface area (Å²) in [5.74, 6) is -0.599. The van der Waals surface area contributed by atoms with Gasteiger partial charge in [0.15, 0.2) is 0 Å². The molecule has 0 aliphatic carbocycles. The van der Waals surface area contributed by atoms with Crippen molar-refractivity contribution in [1.29, 1.82) is 0 Å². The van der Waals surface area contributed by atoms with E-state index >= 15 is 0 Å². The van der Waals surface area contributed by atoms with Crippen LogP contribution in [0.15, 0.2) is 0 Å². The Morgan fingerprint density at radius 2 is 0.743 bits per heavy atom. The van der Waals surface area contributed by atoms with E-state index in [2.05, 4.69) is 30.3 Å². The van der Waals surface area contributed by atoms with Crippen LogP contribution in [0.5, 0.6) is 0 Å². The van der Waals surface area contributed by atoms with E-state index < -0.39 is 0 Å². The Hall–Kier alpha value is -1.22. The minimum atomic E-state index is -0.299. The number of nitrogens with one attached hydrogen (secondary N) is 2. The number of carbonyl (C=O) groups is 2. The summed E-state index contributed by atoms with van der Waals surface area (Å²) in [7, 11) is 0. The molecule has 0 spiro atoms. The highest BCUT2D eigenvalue weighted by Crippen LogP contribution is 2.16. The average Bonchev–Trinajstić information content (AvgIpc) is 3.82. The molecule has 2 heterocycles. The Bertz CT molecular complexity index is 284. The molecule has 8 nitrogen and oxygen atoms in total. The number of hydrogen-bond acceptors (Lipinski definition) is 8. The second-order valence-electron chi connectivity index (χ2n) is 4.44. The van der Waals surface area contributed by atoms with Gasteiger partial charge < -0.3 is 9.47 Å². The molecule has 0 radical (unpaired) electrons. The van der Waals surface area contributed by atoms with Crippen molar-refractivity contribution in [3.8, 4) is 0 Å². The normalized spacial score (nSPS) is 10.9. The Morgan fingerprint density at radius 3 is 0.886 bits per heavy atom. The Morgan fingerprint density at radius 1 is 0.543 bits per heavy atom. The third kappa shape index (κ3) is 79.4. The lowest BCUT2D eigenvalue weighted by Crippen LogP contribution is -2.37. The highest BCUT2D eigenvalue weighted by atomic mass is 16.5. The van der Waals surface area contributed by atoms with Gasteiger partial charge in [-0.25, -0.2) is 10.0 Å². The maximum absolute atomic E-state index is 10.3. The molecule has 0 bridgehead atoms. The maximum Gasteiger partial charge on any atom is 0.302 e. The number of hydrogen-bond donors (Lipinski definition) is 2. The molecule has 2 fully saturated rings. The third-order valence-electron chi connectivity index (χ3n) is 2.44. The fourth-order valence-corrected chi connectivity index (χ4v) is 1.32. The summed E-state index contributed by atoms with van der Waals surface area (Å²) in [6, 6.07) is 0. The molecule has 2 saturated heterocycles. The first-order valence-corrected chi connectivity index (χ1v) is 13.8. The number of hydrazine groups is 2. The number of nitrogens with zero attached hydrogens (tertiary/aromatic N) is 2. The van der Waals surface area contributed by atoms with Gasteiger partial charge in [-0.15, -0.1) is 0 Å². The average molecular weight is 515 g/mol. The molecule has 2 aliphatic rings. The van der Waals surface area contributed by atoms with Crippen LogP contribution in [0.3, 0.4) is 0 Å². The van der Waals surface area contributed by atoms with Gasteiger partial charge in [-0.05, 0) is 0 Å². The number of ether oxygens (including phenoxy) is 2. The molecule has 0 amide bonds. The van der Waals surface area contributed by atoms with Gasteiger partial charge in [-0.3, -0.25) is 20.4 Å². The van der Waals surface area contributed by atoms with Crippen molar-refractivity contribution < 1.29 is 19.1 Å². The topological polar surface area (TPSA) is 82.7 Å². The minimum absolute atomic E-state index is 0. The fraction of sp³-hybridized carbons (Fsp3) is 0.926. The van der Waals surface area contributed by atoms with E-state index in [9.17, 15) is 9.59 Å². The summed E-state index contributed by atoms with van der Waals surface area (Å²) < 4.78 is 9.32. The molecule has 0 saturated carbocycles. The molecular formula is C27H70N4O4. The van der Waals surface area contributed by atoms with Gasteiger partial charge >= 0.3 is 11.9 Å². The van der Waals surface area contributed by atoms with E-state index in [-0.39, 0.29) is 19.4 Å². The quantitative estimate of drug-likeness (QED) is 0.163. The lowest BCUT2D eigenvalue weighted by Gasteiger charge is -2.06. The van der Waals surface area contributed by atoms with Gasteiger partial charge in [0.25, 0.3) is 0 Å². The fourth-order valence-electron chi connectivity index (χ4n) is 1.32. The highest BCUT2D eigenvalue weighted by molar-refractivity contribution is 5.66. The number of carbonyl (C=O) groups excluding carboxylic acids is 2. The number of rotatable bonds is 8. The second-order valence-corrected chi connectivity index (χ2v) is 4.44. The summed E-state index contributed by atoms with van der Waals surface area (Å²) in [6.07, 6.45) is 0. The highest BCUT2D eigenvalue weighted by Gasteiger charge is 2.32. The Kier molecular flexibility index (Phi) is 99.6. The van der Waals surface area contributed by atoms with E-state index in [0.29, 0.717) is 26.3 Å². The van der Waals surface area contributed by atoms with E-state index in [4.69, 9.17) is 0 Å². The van der Waals surface area contributed by atoms with Crippen molar-refractivity contribution in [1.82, 2.24) is 20.9 Å². The largest absolute Gasteiger partial charge is 0.464 e. The molecule has 0 unspecified atom stereocenters. The van der Waals surface area contributed by atoms with E-state index in [1.165, 1.54) is 40.0 Å². The van der Waals surface area contributed by atoms with Gasteiger partial charge in [0.1, 0.15) is 13.2 Å². The van der Waals surface area contributed by atoms with Crippen molar-refractivity contribution in [2.45, 2.75) is 118 Å². The van der Waals surface area contributed by atoms with Crippen LogP contribution in [0.25, 0.3) is 0 Å². The Labute approximate surface area is 222 Å². The van der Waals surface area contributed by atoms with Crippen LogP contribution in [0.1, 0.15) is 118 Å². The monoisotopic (exact) mass is 515 g/mol. The first kappa shape index (κ1) is 54.6. The van der Waals surface area contributed by atoms with Crippen molar-refractivity contribution in [3.05, 3.63) is 0 Å². The maximum atomic E-state index is 10.3. The van der Waals surface area contributed by atoms with Crippen molar-refractivity contribution in [2.75, 3.05) is 52.5 Å². The summed E-state index contributed by atoms with van der Waals surface area (Å²) in [6.45, 7) is 37.6. The second kappa shape index (κ2) is 63.8. The summed E-state index contributed by atoms with van der Waals surface area (Å²) in [5.41, 5.74) is 5.59. The van der Waals surface area contributed by atoms with Crippen LogP contribution >= 0.6 is 0 Å². The predicted molar refractivity (Wildman–Crippen MR) is 159 cm³/mol. The molecule has 222 valence electrons. The van der Waals surface area contributed by atoms with Crippen molar-refractivity contribution >= 4 is 11.9 Å². The van der Waals surface area contributed by atoms with Crippen LogP contribution < -0.4 is 10.9 Å². The molecule has 0 atom stereocenters. The van der Waals surface area contributed by atoms with Crippen LogP contribution in [0.2, 0.25) is 0 Å². The minimum Gasteiger partial charge on any atom is -0.464 e. The van der Waals surface area contributed by atoms with Crippen molar-refractivity contribution in [2.24, 2.45) is 0 Å². The van der Waals surface area contributed by atoms with E-state index in [1.54, 1.807) is 0 Å². The Balaban J connectivity index is -0.0000000483. The lowest BCUT2D eigenvalue weighted by atomic mass is 10.7. The third-order valence-corrected chi connectivity index (χ3v) is 2.44. The molecule has 0 aromatic rings. The van der Waals surface area contributed by atoms with Crippen molar-refractivity contribution in [3.63, 3.8) is 0 Å². The van der Waals surface area contributed by atoms with Crippen LogP contribution in [-0.4, -0.2) is 74.4 Å². The van der Waals surface area contributed by atoms with Crippen LogP contribution in [0.4, 0.5) is 0 Å². The zero-order chi connectivity index (χ0) is 28.8. The van der Waals surface area contributed by atoms with E-state index in [0.717, 1.165) is 0 Å². The van der Waals surface area contributed by atoms with Crippen LogP contribution in [-0.2, 0) is 19.1 Å². The van der Waals surface area contributed by atoms with E-state index in [1.807, 2.05) is 96.9 Å². The standard InChI is InChI=1S/C8H16N2O4.C4H8N2.7C2H6.CH4/c1-7(11)13-5-3-9-10-4-6-14-8(2)12;1-2-5(1)6-3-4-6;7*1-2;/h9-10H,3-6H2,1-2H3;1-4H2;7*1-2H3;1H4.